The Bertz CT molecular complexity index is 843. The van der Waals surface area contributed by atoms with Crippen LogP contribution in [0.25, 0.3) is 11.5 Å². The second kappa shape index (κ2) is 7.85. The largest absolute Gasteiger partial charge is 0.453 e. The second-order valence-corrected chi connectivity index (χ2v) is 6.29. The highest BCUT2D eigenvalue weighted by molar-refractivity contribution is 7.12. The Labute approximate surface area is 148 Å². The second-order valence-electron chi connectivity index (χ2n) is 5.34. The average molecular weight is 356 g/mol. The molecule has 0 radical (unpaired) electrons. The maximum atomic E-state index is 11.9. The third-order valence-corrected chi connectivity index (χ3v) is 4.38. The highest BCUT2D eigenvalue weighted by Crippen LogP contribution is 2.22. The molecule has 0 aliphatic rings. The number of benzene rings is 1. The van der Waals surface area contributed by atoms with Gasteiger partial charge in [0.05, 0.1) is 11.3 Å². The van der Waals surface area contributed by atoms with Crippen LogP contribution >= 0.6 is 11.3 Å². The number of ether oxygens (including phenoxy) is 1. The molecule has 0 saturated heterocycles. The summed E-state index contributed by atoms with van der Waals surface area (Å²) in [5.74, 6) is 0.0452. The van der Waals surface area contributed by atoms with E-state index in [2.05, 4.69) is 10.2 Å². The molecular formula is C18H16N2O4S. The Balaban J connectivity index is 1.53. The van der Waals surface area contributed by atoms with Crippen LogP contribution in [0.2, 0.25) is 0 Å². The molecule has 0 N–H and O–H groups in total. The van der Waals surface area contributed by atoms with Crippen molar-refractivity contribution < 1.29 is 18.7 Å². The van der Waals surface area contributed by atoms with Gasteiger partial charge < -0.3 is 9.15 Å². The minimum atomic E-state index is -0.672. The van der Waals surface area contributed by atoms with Gasteiger partial charge in [-0.25, -0.2) is 0 Å². The minimum Gasteiger partial charge on any atom is -0.453 e. The Hall–Kier alpha value is -2.80. The van der Waals surface area contributed by atoms with Gasteiger partial charge in [0.2, 0.25) is 5.89 Å². The number of ketones is 1. The van der Waals surface area contributed by atoms with Crippen LogP contribution in [0.1, 0.15) is 41.4 Å². The molecular weight excluding hydrogens is 340 g/mol. The normalized spacial score (nSPS) is 11.9. The van der Waals surface area contributed by atoms with Gasteiger partial charge in [-0.05, 0) is 30.5 Å². The maximum absolute atomic E-state index is 11.9. The first-order valence-corrected chi connectivity index (χ1v) is 8.66. The molecule has 0 aliphatic carbocycles. The number of thiophene rings is 1. The van der Waals surface area contributed by atoms with Gasteiger partial charge in [-0.15, -0.1) is 21.5 Å². The van der Waals surface area contributed by atoms with E-state index in [-0.39, 0.29) is 24.5 Å². The maximum Gasteiger partial charge on any atom is 0.307 e. The van der Waals surface area contributed by atoms with Crippen molar-refractivity contribution >= 4 is 23.1 Å². The molecule has 0 spiro atoms. The van der Waals surface area contributed by atoms with Crippen molar-refractivity contribution in [1.29, 1.82) is 0 Å². The van der Waals surface area contributed by atoms with E-state index in [0.29, 0.717) is 10.8 Å². The van der Waals surface area contributed by atoms with E-state index in [1.807, 2.05) is 35.7 Å². The van der Waals surface area contributed by atoms with Crippen LogP contribution in [0.4, 0.5) is 0 Å². The summed E-state index contributed by atoms with van der Waals surface area (Å²) in [4.78, 5) is 24.4. The van der Waals surface area contributed by atoms with E-state index < -0.39 is 12.1 Å². The number of nitrogens with zero attached hydrogens (tertiary/aromatic N) is 2. The summed E-state index contributed by atoms with van der Waals surface area (Å²) in [7, 11) is 0. The summed E-state index contributed by atoms with van der Waals surface area (Å²) in [6.45, 7) is 1.65. The number of hydrogen-bond acceptors (Lipinski definition) is 7. The van der Waals surface area contributed by atoms with E-state index in [4.69, 9.17) is 9.15 Å². The molecule has 2 heterocycles. The Morgan fingerprint density at radius 1 is 1.12 bits per heavy atom. The lowest BCUT2D eigenvalue weighted by atomic mass is 10.2. The van der Waals surface area contributed by atoms with Crippen LogP contribution in [-0.2, 0) is 9.53 Å². The van der Waals surface area contributed by atoms with Crippen molar-refractivity contribution in [3.8, 4) is 11.5 Å². The van der Waals surface area contributed by atoms with Gasteiger partial charge >= 0.3 is 5.97 Å². The molecule has 3 aromatic rings. The minimum absolute atomic E-state index is 0.0146. The number of aromatic nitrogens is 2. The van der Waals surface area contributed by atoms with Crippen molar-refractivity contribution in [1.82, 2.24) is 10.2 Å². The smallest absolute Gasteiger partial charge is 0.307 e. The van der Waals surface area contributed by atoms with E-state index in [1.54, 1.807) is 19.1 Å². The van der Waals surface area contributed by atoms with Crippen molar-refractivity contribution in [2.24, 2.45) is 0 Å². The van der Waals surface area contributed by atoms with Gasteiger partial charge in [0.1, 0.15) is 0 Å². The third-order valence-electron chi connectivity index (χ3n) is 3.47. The molecule has 128 valence electrons. The molecule has 0 unspecified atom stereocenters. The van der Waals surface area contributed by atoms with Crippen LogP contribution in [0.5, 0.6) is 0 Å². The summed E-state index contributed by atoms with van der Waals surface area (Å²) in [5, 5.41) is 9.71. The fourth-order valence-corrected chi connectivity index (χ4v) is 2.87. The SMILES string of the molecule is C[C@H](OC(=O)CCC(=O)c1cccs1)c1nnc(-c2ccccc2)o1. The Kier molecular flexibility index (Phi) is 5.35. The Morgan fingerprint density at radius 3 is 2.64 bits per heavy atom. The number of rotatable bonds is 7. The molecule has 7 heteroatoms. The number of hydrogen-bond donors (Lipinski definition) is 0. The first-order valence-electron chi connectivity index (χ1n) is 7.78. The third kappa shape index (κ3) is 4.39. The standard InChI is InChI=1S/C18H16N2O4S/c1-12(17-19-20-18(24-17)13-6-3-2-4-7-13)23-16(22)10-9-14(21)15-8-5-11-25-15/h2-8,11-12H,9-10H2,1H3/t12-/m0/s1. The molecule has 0 aliphatic heterocycles. The zero-order valence-electron chi connectivity index (χ0n) is 13.5. The fourth-order valence-electron chi connectivity index (χ4n) is 2.18. The van der Waals surface area contributed by atoms with Gasteiger partial charge in [-0.2, -0.15) is 0 Å². The van der Waals surface area contributed by atoms with Gasteiger partial charge in [0.15, 0.2) is 11.9 Å². The number of carbonyl (C=O) groups is 2. The van der Waals surface area contributed by atoms with Crippen LogP contribution in [0, 0.1) is 0 Å². The van der Waals surface area contributed by atoms with E-state index >= 15 is 0 Å². The molecule has 1 aromatic carbocycles. The number of carbonyl (C=O) groups excluding carboxylic acids is 2. The monoisotopic (exact) mass is 356 g/mol. The molecule has 0 amide bonds. The number of esters is 1. The topological polar surface area (TPSA) is 82.3 Å². The average Bonchev–Trinajstić information content (AvgIpc) is 3.32. The molecule has 3 rings (SSSR count). The van der Waals surface area contributed by atoms with Crippen LogP contribution < -0.4 is 0 Å². The zero-order valence-corrected chi connectivity index (χ0v) is 14.4. The molecule has 0 fully saturated rings. The Morgan fingerprint density at radius 2 is 1.92 bits per heavy atom. The quantitative estimate of drug-likeness (QED) is 0.469. The fraction of sp³-hybridized carbons (Fsp3) is 0.222. The lowest BCUT2D eigenvalue weighted by Gasteiger charge is -2.08. The molecule has 6 nitrogen and oxygen atoms in total. The molecule has 1 atom stereocenters. The predicted octanol–water partition coefficient (Wildman–Crippen LogP) is 4.07. The van der Waals surface area contributed by atoms with Crippen molar-refractivity contribution in [3.63, 3.8) is 0 Å². The van der Waals surface area contributed by atoms with Gasteiger partial charge in [-0.1, -0.05) is 24.3 Å². The van der Waals surface area contributed by atoms with Crippen molar-refractivity contribution in [3.05, 3.63) is 58.6 Å². The molecule has 0 saturated carbocycles. The lowest BCUT2D eigenvalue weighted by Crippen LogP contribution is -2.11. The summed E-state index contributed by atoms with van der Waals surface area (Å²) in [6.07, 6.45) is -0.541. The van der Waals surface area contributed by atoms with E-state index in [0.717, 1.165) is 5.56 Å². The highest BCUT2D eigenvalue weighted by atomic mass is 32.1. The molecule has 0 bridgehead atoms. The van der Waals surface area contributed by atoms with Crippen LogP contribution in [0.3, 0.4) is 0 Å². The van der Waals surface area contributed by atoms with Gasteiger partial charge in [0, 0.05) is 12.0 Å². The first kappa shape index (κ1) is 17.0. The van der Waals surface area contributed by atoms with Crippen molar-refractivity contribution in [2.75, 3.05) is 0 Å². The van der Waals surface area contributed by atoms with Crippen molar-refractivity contribution in [2.45, 2.75) is 25.9 Å². The van der Waals surface area contributed by atoms with Crippen LogP contribution in [-0.4, -0.2) is 21.9 Å². The van der Waals surface area contributed by atoms with Gasteiger partial charge in [0.25, 0.3) is 5.89 Å². The lowest BCUT2D eigenvalue weighted by molar-refractivity contribution is -0.149. The summed E-state index contributed by atoms with van der Waals surface area (Å²) < 4.78 is 10.8. The van der Waals surface area contributed by atoms with Crippen LogP contribution in [0.15, 0.2) is 52.3 Å². The van der Waals surface area contributed by atoms with E-state index in [1.165, 1.54) is 11.3 Å². The van der Waals surface area contributed by atoms with Gasteiger partial charge in [-0.3, -0.25) is 9.59 Å². The zero-order chi connectivity index (χ0) is 17.6. The highest BCUT2D eigenvalue weighted by Gasteiger charge is 2.19. The molecule has 25 heavy (non-hydrogen) atoms. The summed E-state index contributed by atoms with van der Waals surface area (Å²) in [6, 6.07) is 12.9. The summed E-state index contributed by atoms with van der Waals surface area (Å²) in [5.41, 5.74) is 0.793. The summed E-state index contributed by atoms with van der Waals surface area (Å²) >= 11 is 1.36. The first-order chi connectivity index (χ1) is 12.1. The molecule has 2 aromatic heterocycles. The van der Waals surface area contributed by atoms with E-state index in [9.17, 15) is 9.59 Å². The number of Topliss-reactive ketones (excluding diaryl/α,β-unsaturated/α-hetero) is 1. The predicted molar refractivity (Wildman–Crippen MR) is 92.1 cm³/mol.